The zero-order valence-electron chi connectivity index (χ0n) is 16.7. The summed E-state index contributed by atoms with van der Waals surface area (Å²) in [7, 11) is 3.19. The van der Waals surface area contributed by atoms with Crippen molar-refractivity contribution in [1.82, 2.24) is 5.32 Å². The Hall–Kier alpha value is -2.96. The molecule has 0 unspecified atom stereocenters. The van der Waals surface area contributed by atoms with Gasteiger partial charge in [-0.3, -0.25) is 4.79 Å². The van der Waals surface area contributed by atoms with Gasteiger partial charge >= 0.3 is 0 Å². The molecule has 0 spiro atoms. The van der Waals surface area contributed by atoms with Crippen LogP contribution in [-0.4, -0.2) is 38.8 Å². The molecular weight excluding hydrogens is 375 g/mol. The van der Waals surface area contributed by atoms with E-state index in [1.165, 1.54) is 12.1 Å². The number of ether oxygens (including phenoxy) is 3. The van der Waals surface area contributed by atoms with Crippen molar-refractivity contribution in [2.75, 3.05) is 26.1 Å². The second kappa shape index (κ2) is 10.0. The van der Waals surface area contributed by atoms with Gasteiger partial charge in [-0.25, -0.2) is 4.39 Å². The van der Waals surface area contributed by atoms with Gasteiger partial charge in [-0.1, -0.05) is 6.07 Å². The fourth-order valence-electron chi connectivity index (χ4n) is 3.48. The number of anilines is 1. The molecule has 1 aliphatic rings. The van der Waals surface area contributed by atoms with Crippen LogP contribution in [0.4, 0.5) is 10.1 Å². The predicted octanol–water partition coefficient (Wildman–Crippen LogP) is 3.76. The zero-order chi connectivity index (χ0) is 20.6. The van der Waals surface area contributed by atoms with E-state index in [9.17, 15) is 9.18 Å². The fourth-order valence-corrected chi connectivity index (χ4v) is 3.48. The number of hydrogen-bond acceptors (Lipinski definition) is 5. The molecule has 0 aromatic heterocycles. The first kappa shape index (κ1) is 20.8. The second-order valence-corrected chi connectivity index (χ2v) is 7.01. The summed E-state index contributed by atoms with van der Waals surface area (Å²) in [6, 6.07) is 11.6. The molecule has 2 aromatic carbocycles. The highest BCUT2D eigenvalue weighted by molar-refractivity contribution is 5.80. The van der Waals surface area contributed by atoms with Crippen LogP contribution < -0.4 is 24.8 Å². The van der Waals surface area contributed by atoms with Gasteiger partial charge in [-0.2, -0.15) is 0 Å². The zero-order valence-corrected chi connectivity index (χ0v) is 16.7. The van der Waals surface area contributed by atoms with Crippen LogP contribution in [0.15, 0.2) is 42.5 Å². The molecular formula is C22H27FN2O4. The second-order valence-electron chi connectivity index (χ2n) is 7.01. The highest BCUT2D eigenvalue weighted by Gasteiger charge is 2.25. The van der Waals surface area contributed by atoms with Gasteiger partial charge in [0, 0.05) is 11.7 Å². The van der Waals surface area contributed by atoms with E-state index in [-0.39, 0.29) is 30.4 Å². The highest BCUT2D eigenvalue weighted by atomic mass is 19.1. The first-order valence-electron chi connectivity index (χ1n) is 9.75. The number of halogens is 1. The van der Waals surface area contributed by atoms with Crippen molar-refractivity contribution in [3.63, 3.8) is 0 Å². The molecule has 156 valence electrons. The molecule has 29 heavy (non-hydrogen) atoms. The van der Waals surface area contributed by atoms with E-state index >= 15 is 0 Å². The van der Waals surface area contributed by atoms with Crippen molar-refractivity contribution < 1.29 is 23.4 Å². The number of carbonyl (C=O) groups is 1. The van der Waals surface area contributed by atoms with E-state index in [2.05, 4.69) is 10.6 Å². The smallest absolute Gasteiger partial charge is 0.239 e. The van der Waals surface area contributed by atoms with E-state index in [1.54, 1.807) is 26.4 Å². The van der Waals surface area contributed by atoms with Gasteiger partial charge < -0.3 is 24.8 Å². The van der Waals surface area contributed by atoms with Crippen LogP contribution in [0.2, 0.25) is 0 Å². The third kappa shape index (κ3) is 5.76. The van der Waals surface area contributed by atoms with E-state index in [0.717, 1.165) is 25.7 Å². The molecule has 3 rings (SSSR count). The Morgan fingerprint density at radius 3 is 2.34 bits per heavy atom. The van der Waals surface area contributed by atoms with Gasteiger partial charge in [0.1, 0.15) is 5.82 Å². The molecule has 0 saturated heterocycles. The van der Waals surface area contributed by atoms with Crippen molar-refractivity contribution in [2.45, 2.75) is 37.8 Å². The molecule has 1 saturated carbocycles. The van der Waals surface area contributed by atoms with Gasteiger partial charge in [-0.05, 0) is 62.1 Å². The van der Waals surface area contributed by atoms with Gasteiger partial charge in [-0.15, -0.1) is 0 Å². The number of benzene rings is 2. The topological polar surface area (TPSA) is 68.8 Å². The summed E-state index contributed by atoms with van der Waals surface area (Å²) in [5, 5.41) is 6.05. The summed E-state index contributed by atoms with van der Waals surface area (Å²) in [5.41, 5.74) is 0.714. The van der Waals surface area contributed by atoms with Crippen LogP contribution >= 0.6 is 0 Å². The Morgan fingerprint density at radius 1 is 1.00 bits per heavy atom. The summed E-state index contributed by atoms with van der Waals surface area (Å²) in [6.45, 7) is 0.156. The third-order valence-corrected chi connectivity index (χ3v) is 5.00. The lowest BCUT2D eigenvalue weighted by atomic mass is 9.93. The minimum atomic E-state index is -0.300. The average Bonchev–Trinajstić information content (AvgIpc) is 2.74. The van der Waals surface area contributed by atoms with Gasteiger partial charge in [0.2, 0.25) is 11.7 Å². The molecule has 2 N–H and O–H groups in total. The van der Waals surface area contributed by atoms with Crippen molar-refractivity contribution >= 4 is 11.6 Å². The molecule has 0 radical (unpaired) electrons. The van der Waals surface area contributed by atoms with Crippen LogP contribution in [0, 0.1) is 5.82 Å². The van der Waals surface area contributed by atoms with E-state index in [4.69, 9.17) is 14.2 Å². The van der Waals surface area contributed by atoms with Gasteiger partial charge in [0.05, 0.1) is 26.9 Å². The summed E-state index contributed by atoms with van der Waals surface area (Å²) >= 11 is 0. The molecule has 1 fully saturated rings. The van der Waals surface area contributed by atoms with Crippen molar-refractivity contribution in [3.8, 4) is 17.2 Å². The van der Waals surface area contributed by atoms with Crippen LogP contribution in [0.3, 0.4) is 0 Å². The quantitative estimate of drug-likeness (QED) is 0.704. The average molecular weight is 402 g/mol. The Morgan fingerprint density at radius 2 is 1.69 bits per heavy atom. The van der Waals surface area contributed by atoms with Crippen LogP contribution in [0.1, 0.15) is 25.7 Å². The Balaban J connectivity index is 1.43. The van der Waals surface area contributed by atoms with E-state index in [0.29, 0.717) is 22.9 Å². The molecule has 0 atom stereocenters. The minimum absolute atomic E-state index is 0.0708. The van der Waals surface area contributed by atoms with Crippen molar-refractivity contribution in [3.05, 3.63) is 48.3 Å². The lowest BCUT2D eigenvalue weighted by Gasteiger charge is -2.30. The number of rotatable bonds is 8. The maximum absolute atomic E-state index is 12.9. The standard InChI is InChI=1S/C22H27FN2O4/c1-27-19-4-3-5-20(22(19)28-2)29-18-12-10-17(11-13-18)25-21(26)14-24-16-8-6-15(23)7-9-16/h3-9,17-18,24H,10-14H2,1-2H3,(H,25,26). The first-order chi connectivity index (χ1) is 14.1. The fraction of sp³-hybridized carbons (Fsp3) is 0.409. The van der Waals surface area contributed by atoms with Crippen molar-refractivity contribution in [2.24, 2.45) is 0 Å². The SMILES string of the molecule is COc1cccc(OC2CCC(NC(=O)CNc3ccc(F)cc3)CC2)c1OC. The number of nitrogens with one attached hydrogen (secondary N) is 2. The summed E-state index contributed by atoms with van der Waals surface area (Å²) < 4.78 is 29.8. The summed E-state index contributed by atoms with van der Waals surface area (Å²) in [5.74, 6) is 1.53. The maximum Gasteiger partial charge on any atom is 0.239 e. The van der Waals surface area contributed by atoms with Gasteiger partial charge in [0.25, 0.3) is 0 Å². The van der Waals surface area contributed by atoms with Crippen LogP contribution in [0.5, 0.6) is 17.2 Å². The molecule has 7 heteroatoms. The molecule has 1 aliphatic carbocycles. The summed E-state index contributed by atoms with van der Waals surface area (Å²) in [4.78, 5) is 12.2. The van der Waals surface area contributed by atoms with E-state index in [1.807, 2.05) is 18.2 Å². The highest BCUT2D eigenvalue weighted by Crippen LogP contribution is 2.38. The Bertz CT molecular complexity index is 805. The Kier molecular flexibility index (Phi) is 7.16. The summed E-state index contributed by atoms with van der Waals surface area (Å²) in [6.07, 6.45) is 3.45. The largest absolute Gasteiger partial charge is 0.493 e. The van der Waals surface area contributed by atoms with Gasteiger partial charge in [0.15, 0.2) is 11.5 Å². The molecule has 6 nitrogen and oxygen atoms in total. The Labute approximate surface area is 170 Å². The molecule has 0 bridgehead atoms. The number of amides is 1. The van der Waals surface area contributed by atoms with Crippen molar-refractivity contribution in [1.29, 1.82) is 0 Å². The number of methoxy groups -OCH3 is 2. The molecule has 1 amide bonds. The lowest BCUT2D eigenvalue weighted by molar-refractivity contribution is -0.120. The first-order valence-corrected chi connectivity index (χ1v) is 9.75. The third-order valence-electron chi connectivity index (χ3n) is 5.00. The van der Waals surface area contributed by atoms with Crippen LogP contribution in [-0.2, 0) is 4.79 Å². The minimum Gasteiger partial charge on any atom is -0.493 e. The van der Waals surface area contributed by atoms with E-state index < -0.39 is 0 Å². The normalized spacial score (nSPS) is 18.6. The number of carbonyl (C=O) groups excluding carboxylic acids is 1. The maximum atomic E-state index is 12.9. The molecule has 0 heterocycles. The molecule has 2 aromatic rings. The monoisotopic (exact) mass is 402 g/mol. The number of para-hydroxylation sites is 1. The number of hydrogen-bond donors (Lipinski definition) is 2. The van der Waals surface area contributed by atoms with Crippen LogP contribution in [0.25, 0.3) is 0 Å². The lowest BCUT2D eigenvalue weighted by Crippen LogP contribution is -2.42. The molecule has 0 aliphatic heterocycles. The predicted molar refractivity (Wildman–Crippen MR) is 109 cm³/mol.